The molecule has 458 valence electrons. The van der Waals surface area contributed by atoms with Crippen LogP contribution in [0, 0.1) is 0 Å². The molecule has 3 aliphatic rings. The van der Waals surface area contributed by atoms with Crippen molar-refractivity contribution in [2.75, 3.05) is 4.90 Å². The van der Waals surface area contributed by atoms with Crippen molar-refractivity contribution in [3.8, 4) is 45.1 Å². The Morgan fingerprint density at radius 2 is 0.862 bits per heavy atom. The maximum atomic E-state index is 10.1. The monoisotopic (exact) mass is 1230 g/mol. The number of rotatable bonds is 5. The first-order valence-electron chi connectivity index (χ1n) is 40.4. The number of fused-ring (bicyclic) bond motifs is 16. The lowest BCUT2D eigenvalue weighted by atomic mass is 9.29. The number of benzene rings is 12. The molecule has 0 radical (unpaired) electrons. The van der Waals surface area contributed by atoms with Gasteiger partial charge in [-0.15, -0.1) is 0 Å². The van der Waals surface area contributed by atoms with E-state index in [9.17, 15) is 19.2 Å². The van der Waals surface area contributed by atoms with Gasteiger partial charge in [0.1, 0.15) is 11.5 Å². The molecule has 5 heteroatoms. The maximum Gasteiger partial charge on any atom is 0.247 e. The second kappa shape index (κ2) is 20.5. The summed E-state index contributed by atoms with van der Waals surface area (Å²) < 4.78 is 163. The molecule has 3 aliphatic heterocycles. The Kier molecular flexibility index (Phi) is 9.34. The summed E-state index contributed by atoms with van der Waals surface area (Å²) >= 11 is 0. The fraction of sp³-hybridized carbons (Fsp3) is 0.191. The van der Waals surface area contributed by atoms with Crippen LogP contribution in [0.25, 0.3) is 77.2 Å². The van der Waals surface area contributed by atoms with Gasteiger partial charge in [0.2, 0.25) is 6.71 Å². The summed E-state index contributed by atoms with van der Waals surface area (Å²) in [5, 5.41) is -0.382. The van der Waals surface area contributed by atoms with Gasteiger partial charge in [-0.1, -0.05) is 270 Å². The highest BCUT2D eigenvalue weighted by molar-refractivity contribution is 6.99. The second-order valence-corrected chi connectivity index (χ2v) is 29.7. The van der Waals surface area contributed by atoms with E-state index in [-0.39, 0.29) is 65.8 Å². The van der Waals surface area contributed by atoms with E-state index >= 15 is 0 Å². The number of hydrogen-bond acceptors (Lipinski definition) is 2. The maximum absolute atomic E-state index is 10.1. The summed E-state index contributed by atoms with van der Waals surface area (Å²) in [4.78, 5) is 2.19. The number of aromatic nitrogens is 2. The van der Waals surface area contributed by atoms with Gasteiger partial charge in [-0.05, 0) is 155 Å². The minimum atomic E-state index is -1.39. The molecular formula is C89H78BN3O. The lowest BCUT2D eigenvalue weighted by molar-refractivity contribution is 0.435. The van der Waals surface area contributed by atoms with Gasteiger partial charge >= 0.3 is 0 Å². The summed E-state index contributed by atoms with van der Waals surface area (Å²) in [6.07, 6.45) is 0. The predicted octanol–water partition coefficient (Wildman–Crippen LogP) is 21.5. The Morgan fingerprint density at radius 3 is 1.41 bits per heavy atom. The van der Waals surface area contributed by atoms with Gasteiger partial charge in [0.25, 0.3) is 0 Å². The van der Waals surface area contributed by atoms with Gasteiger partial charge in [0.05, 0.1) is 55.1 Å². The Morgan fingerprint density at radius 1 is 0.362 bits per heavy atom. The molecule has 94 heavy (non-hydrogen) atoms. The Bertz CT molecular complexity index is 6250. The predicted molar refractivity (Wildman–Crippen MR) is 399 cm³/mol. The van der Waals surface area contributed by atoms with E-state index < -0.39 is 120 Å². The molecule has 0 saturated heterocycles. The summed E-state index contributed by atoms with van der Waals surface area (Å²) in [5.41, 5.74) is 12.6. The molecule has 0 N–H and O–H groups in total. The zero-order valence-electron chi connectivity index (χ0n) is 70.8. The van der Waals surface area contributed by atoms with E-state index in [0.717, 1.165) is 77.6 Å². The lowest BCUT2D eigenvalue weighted by Crippen LogP contribution is -2.65. The van der Waals surface area contributed by atoms with E-state index in [4.69, 9.17) is 7.48 Å². The number of nitrogens with zero attached hydrogens (tertiary/aromatic N) is 3. The van der Waals surface area contributed by atoms with Crippen molar-refractivity contribution in [2.45, 2.75) is 110 Å². The highest BCUT2D eigenvalue weighted by Crippen LogP contribution is 2.59. The van der Waals surface area contributed by atoms with Crippen molar-refractivity contribution >= 4 is 83.8 Å². The standard InChI is InChI=1S/C89H78BN3O/c1-85(2,3)57-42-46-79(67(51-57)62-27-13-18-32-68(62)88(10,11)12)93-80-53-60(91-75-35-21-14-28-63(75)64-29-15-22-36-76(64)91)43-45-74(80)90-73-44-41-55(56-47-58(86(4,5)6)50-59(48-56)87(7,8)9)49-71(73)89(69-33-19-25-39-82(69)94-83-40-26-20-34-70(83)89)72-52-61(54-81(93)84(72)90)92-77-37-23-16-30-65(77)66-31-17-24-38-78(66)92/h13-54H,1-12H3/i14D,15D,16D,17D,21D,22D,23D,24D,28D,29D,30D,31D,35D,36D,37D,38D. The topological polar surface area (TPSA) is 22.3 Å². The molecule has 0 fully saturated rings. The zero-order chi connectivity index (χ0) is 78.5. The number of hydrogen-bond donors (Lipinski definition) is 0. The molecule has 0 unspecified atom stereocenters. The van der Waals surface area contributed by atoms with Crippen LogP contribution >= 0.6 is 0 Å². The Hall–Kier alpha value is -10.1. The molecule has 1 spiro atoms. The average Bonchev–Trinajstić information content (AvgIpc) is 0.880. The van der Waals surface area contributed by atoms with Crippen LogP contribution in [-0.2, 0) is 27.1 Å². The minimum Gasteiger partial charge on any atom is -0.457 e. The van der Waals surface area contributed by atoms with Crippen LogP contribution in [0.5, 0.6) is 11.5 Å². The van der Waals surface area contributed by atoms with Gasteiger partial charge in [0, 0.05) is 61.0 Å². The molecule has 14 aromatic rings. The minimum absolute atomic E-state index is 0.0698. The molecule has 5 heterocycles. The van der Waals surface area contributed by atoms with Crippen molar-refractivity contribution in [1.82, 2.24) is 9.13 Å². The van der Waals surface area contributed by atoms with Gasteiger partial charge in [0.15, 0.2) is 0 Å². The van der Waals surface area contributed by atoms with E-state index in [2.05, 4.69) is 167 Å². The van der Waals surface area contributed by atoms with E-state index in [1.165, 1.54) is 4.57 Å². The van der Waals surface area contributed by atoms with Gasteiger partial charge in [-0.2, -0.15) is 0 Å². The van der Waals surface area contributed by atoms with Crippen LogP contribution in [0.1, 0.15) is 150 Å². The highest BCUT2D eigenvalue weighted by atomic mass is 16.5. The smallest absolute Gasteiger partial charge is 0.247 e. The number of anilines is 3. The van der Waals surface area contributed by atoms with E-state index in [1.807, 2.05) is 78.9 Å². The van der Waals surface area contributed by atoms with Crippen molar-refractivity contribution in [2.24, 2.45) is 0 Å². The van der Waals surface area contributed by atoms with Gasteiger partial charge in [-0.3, -0.25) is 0 Å². The van der Waals surface area contributed by atoms with Crippen LogP contribution < -0.4 is 26.0 Å². The van der Waals surface area contributed by atoms with Crippen LogP contribution in [-0.4, -0.2) is 15.8 Å². The third kappa shape index (κ3) is 8.58. The van der Waals surface area contributed by atoms with Gasteiger partial charge in [-0.25, -0.2) is 0 Å². The summed E-state index contributed by atoms with van der Waals surface area (Å²) in [6.45, 7) is 25.6. The first-order chi connectivity index (χ1) is 51.8. The molecule has 0 saturated carbocycles. The molecular weight excluding hydrogens is 1140 g/mol. The van der Waals surface area contributed by atoms with Crippen molar-refractivity contribution in [1.29, 1.82) is 0 Å². The van der Waals surface area contributed by atoms with Crippen molar-refractivity contribution in [3.63, 3.8) is 0 Å². The zero-order valence-corrected chi connectivity index (χ0v) is 54.8. The SMILES string of the molecule is [2H]c1c([2H])c([2H])c2c(c1[2H])c1c([2H])c([2H])c([2H])c([2H])c1n2-c1ccc2c(c1)N(c1ccc(C(C)(C)C)cc1-c1ccccc1C(C)(C)C)c1cc(-n3c4c([2H])c([2H])c([2H])c([2H])c4c4c([2H])c([2H])c([2H])c([2H])c43)cc3c1B2c1ccc(-c2cc(C(C)(C)C)cc(C(C)(C)C)c2)cc1C31c2ccccc2Oc2ccccc21. The van der Waals surface area contributed by atoms with E-state index in [1.54, 1.807) is 4.57 Å². The molecule has 12 aromatic carbocycles. The fourth-order valence-corrected chi connectivity index (χ4v) is 15.4. The third-order valence-corrected chi connectivity index (χ3v) is 19.9. The van der Waals surface area contributed by atoms with Gasteiger partial charge < -0.3 is 18.8 Å². The molecule has 0 atom stereocenters. The second-order valence-electron chi connectivity index (χ2n) is 29.7. The number of ether oxygens (including phenoxy) is 1. The first-order valence-corrected chi connectivity index (χ1v) is 32.4. The molecule has 17 rings (SSSR count). The third-order valence-electron chi connectivity index (χ3n) is 19.9. The van der Waals surface area contributed by atoms with Crippen LogP contribution in [0.2, 0.25) is 0 Å². The quantitative estimate of drug-likeness (QED) is 0.160. The van der Waals surface area contributed by atoms with Crippen LogP contribution in [0.3, 0.4) is 0 Å². The summed E-state index contributed by atoms with van der Waals surface area (Å²) in [6, 6.07) is 45.7. The Balaban J connectivity index is 1.14. The molecule has 2 aromatic heterocycles. The average molecular weight is 1230 g/mol. The summed E-state index contributed by atoms with van der Waals surface area (Å²) in [7, 11) is 0. The highest BCUT2D eigenvalue weighted by Gasteiger charge is 2.55. The Labute approximate surface area is 576 Å². The van der Waals surface area contributed by atoms with E-state index in [0.29, 0.717) is 34.1 Å². The lowest BCUT2D eigenvalue weighted by Gasteiger charge is -2.50. The molecule has 4 nitrogen and oxygen atoms in total. The van der Waals surface area contributed by atoms with Crippen molar-refractivity contribution < 1.29 is 26.7 Å². The molecule has 0 amide bonds. The first kappa shape index (κ1) is 42.9. The molecule has 0 aliphatic carbocycles. The normalized spacial score (nSPS) is 16.5. The molecule has 0 bridgehead atoms. The van der Waals surface area contributed by atoms with Crippen molar-refractivity contribution in [3.05, 3.63) is 299 Å². The summed E-state index contributed by atoms with van der Waals surface area (Å²) in [5.74, 6) is 1.12. The largest absolute Gasteiger partial charge is 0.457 e. The van der Waals surface area contributed by atoms with Crippen LogP contribution in [0.4, 0.5) is 17.1 Å². The fourth-order valence-electron chi connectivity index (χ4n) is 15.4. The van der Waals surface area contributed by atoms with Crippen LogP contribution in [0.15, 0.2) is 254 Å². The number of para-hydroxylation sites is 6.